The molecule has 1 N–H and O–H groups in total. The Morgan fingerprint density at radius 1 is 1.07 bits per heavy atom. The third-order valence-corrected chi connectivity index (χ3v) is 6.28. The average Bonchev–Trinajstić information content (AvgIpc) is 3.41. The van der Waals surface area contributed by atoms with E-state index < -0.39 is 16.1 Å². The average molecular weight is 390 g/mol. The first-order valence-corrected chi connectivity index (χ1v) is 10.2. The first-order chi connectivity index (χ1) is 12.9. The van der Waals surface area contributed by atoms with Crippen LogP contribution in [0.1, 0.15) is 24.4 Å². The molecule has 2 aromatic rings. The summed E-state index contributed by atoms with van der Waals surface area (Å²) in [7, 11) is -3.76. The van der Waals surface area contributed by atoms with E-state index in [-0.39, 0.29) is 22.7 Å². The van der Waals surface area contributed by atoms with Gasteiger partial charge in [0.15, 0.2) is 0 Å². The number of nitrogens with one attached hydrogen (secondary N) is 1. The van der Waals surface area contributed by atoms with Gasteiger partial charge in [-0.2, -0.15) is 0 Å². The van der Waals surface area contributed by atoms with Crippen LogP contribution in [-0.2, 0) is 14.8 Å². The van der Waals surface area contributed by atoms with E-state index in [0.29, 0.717) is 18.8 Å². The van der Waals surface area contributed by atoms with E-state index in [4.69, 9.17) is 4.74 Å². The zero-order valence-corrected chi connectivity index (χ0v) is 15.3. The van der Waals surface area contributed by atoms with Crippen LogP contribution in [0, 0.1) is 11.7 Å². The lowest BCUT2D eigenvalue weighted by Crippen LogP contribution is -2.30. The van der Waals surface area contributed by atoms with E-state index >= 15 is 0 Å². The van der Waals surface area contributed by atoms with Crippen molar-refractivity contribution in [2.75, 3.05) is 18.1 Å². The molecule has 1 aliphatic carbocycles. The molecule has 1 aliphatic heterocycles. The number of nitrogens with zero attached hydrogens (tertiary/aromatic N) is 1. The van der Waals surface area contributed by atoms with Crippen LogP contribution in [0.5, 0.6) is 0 Å². The maximum atomic E-state index is 13.2. The number of ether oxygens (including phenoxy) is 1. The Bertz CT molecular complexity index is 941. The predicted octanol–water partition coefficient (Wildman–Crippen LogP) is 3.21. The maximum Gasteiger partial charge on any atom is 0.414 e. The second kappa shape index (κ2) is 6.94. The predicted molar refractivity (Wildman–Crippen MR) is 97.3 cm³/mol. The van der Waals surface area contributed by atoms with Gasteiger partial charge in [-0.05, 0) is 60.7 Å². The van der Waals surface area contributed by atoms with E-state index in [1.54, 1.807) is 24.3 Å². The Morgan fingerprint density at radius 3 is 2.30 bits per heavy atom. The Hall–Kier alpha value is -2.45. The molecule has 0 aromatic heterocycles. The summed E-state index contributed by atoms with van der Waals surface area (Å²) >= 11 is 0. The number of rotatable bonds is 6. The van der Waals surface area contributed by atoms with Crippen LogP contribution in [0.2, 0.25) is 0 Å². The fraction of sp³-hybridized carbons (Fsp3) is 0.316. The van der Waals surface area contributed by atoms with E-state index in [0.717, 1.165) is 18.4 Å². The van der Waals surface area contributed by atoms with Crippen molar-refractivity contribution in [2.24, 2.45) is 5.92 Å². The Kier molecular flexibility index (Phi) is 4.61. The van der Waals surface area contributed by atoms with Crippen molar-refractivity contribution < 1.29 is 22.3 Å². The monoisotopic (exact) mass is 390 g/mol. The molecular weight excluding hydrogens is 371 g/mol. The van der Waals surface area contributed by atoms with Crippen molar-refractivity contribution in [3.63, 3.8) is 0 Å². The fourth-order valence-corrected chi connectivity index (χ4v) is 4.50. The molecule has 1 unspecified atom stereocenters. The molecule has 142 valence electrons. The number of hydrogen-bond donors (Lipinski definition) is 1. The molecule has 0 bridgehead atoms. The number of benzene rings is 2. The standard InChI is InChI=1S/C19H19FN2O4S/c20-15-5-3-14(4-6-15)18(13-1-2-13)21-27(24,25)17-9-7-16(8-10-17)22-11-12-26-19(22)23/h3-10,13,18,21H,1-2,11-12H2. The number of cyclic esters (lactones) is 1. The molecule has 1 saturated heterocycles. The summed E-state index contributed by atoms with van der Waals surface area (Å²) < 4.78 is 46.5. The van der Waals surface area contributed by atoms with Gasteiger partial charge in [0.05, 0.1) is 11.4 Å². The smallest absolute Gasteiger partial charge is 0.414 e. The quantitative estimate of drug-likeness (QED) is 0.822. The van der Waals surface area contributed by atoms with Crippen LogP contribution in [0.25, 0.3) is 0 Å². The highest BCUT2D eigenvalue weighted by atomic mass is 32.2. The number of anilines is 1. The van der Waals surface area contributed by atoms with Crippen LogP contribution in [-0.4, -0.2) is 27.7 Å². The molecule has 6 nitrogen and oxygen atoms in total. The topological polar surface area (TPSA) is 75.7 Å². The molecule has 0 spiro atoms. The van der Waals surface area contributed by atoms with E-state index in [1.165, 1.54) is 29.2 Å². The second-order valence-electron chi connectivity index (χ2n) is 6.75. The molecule has 0 radical (unpaired) electrons. The molecule has 2 aromatic carbocycles. The number of sulfonamides is 1. The molecule has 1 amide bonds. The summed E-state index contributed by atoms with van der Waals surface area (Å²) in [5.41, 5.74) is 1.34. The lowest BCUT2D eigenvalue weighted by molar-refractivity contribution is 0.181. The summed E-state index contributed by atoms with van der Waals surface area (Å²) in [6.07, 6.45) is 1.43. The third-order valence-electron chi connectivity index (χ3n) is 4.82. The minimum atomic E-state index is -3.76. The molecule has 1 atom stereocenters. The third kappa shape index (κ3) is 3.81. The number of carbonyl (C=O) groups excluding carboxylic acids is 1. The van der Waals surface area contributed by atoms with Gasteiger partial charge < -0.3 is 4.74 Å². The minimum absolute atomic E-state index is 0.117. The van der Waals surface area contributed by atoms with Crippen molar-refractivity contribution in [1.82, 2.24) is 4.72 Å². The molecule has 2 fully saturated rings. The summed E-state index contributed by atoms with van der Waals surface area (Å²) in [6.45, 7) is 0.763. The van der Waals surface area contributed by atoms with Gasteiger partial charge in [0, 0.05) is 11.7 Å². The lowest BCUT2D eigenvalue weighted by Gasteiger charge is -2.19. The van der Waals surface area contributed by atoms with Crippen molar-refractivity contribution in [1.29, 1.82) is 0 Å². The van der Waals surface area contributed by atoms with Gasteiger partial charge in [-0.25, -0.2) is 22.3 Å². The van der Waals surface area contributed by atoms with Gasteiger partial charge in [-0.3, -0.25) is 4.90 Å². The van der Waals surface area contributed by atoms with Crippen LogP contribution < -0.4 is 9.62 Å². The summed E-state index contributed by atoms with van der Waals surface area (Å²) in [5, 5.41) is 0. The molecule has 2 aliphatic rings. The van der Waals surface area contributed by atoms with Crippen molar-refractivity contribution >= 4 is 21.8 Å². The Balaban J connectivity index is 1.55. The summed E-state index contributed by atoms with van der Waals surface area (Å²) in [5.74, 6) is -0.143. The van der Waals surface area contributed by atoms with Crippen molar-refractivity contribution in [3.8, 4) is 0 Å². The number of carbonyl (C=O) groups is 1. The van der Waals surface area contributed by atoms with Crippen LogP contribution in [0.3, 0.4) is 0 Å². The number of hydrogen-bond acceptors (Lipinski definition) is 4. The summed E-state index contributed by atoms with van der Waals surface area (Å²) in [4.78, 5) is 13.2. The Morgan fingerprint density at radius 2 is 1.74 bits per heavy atom. The number of amides is 1. The first kappa shape index (κ1) is 17.9. The molecule has 1 heterocycles. The highest BCUT2D eigenvalue weighted by Crippen LogP contribution is 2.41. The molecule has 8 heteroatoms. The van der Waals surface area contributed by atoms with E-state index in [2.05, 4.69) is 4.72 Å². The zero-order valence-electron chi connectivity index (χ0n) is 14.5. The highest BCUT2D eigenvalue weighted by Gasteiger charge is 2.35. The normalized spacial score (nSPS) is 18.4. The zero-order chi connectivity index (χ0) is 19.0. The number of halogens is 1. The minimum Gasteiger partial charge on any atom is -0.447 e. The first-order valence-electron chi connectivity index (χ1n) is 8.76. The van der Waals surface area contributed by atoms with Crippen LogP contribution in [0.15, 0.2) is 53.4 Å². The van der Waals surface area contributed by atoms with E-state index in [1.807, 2.05) is 0 Å². The van der Waals surface area contributed by atoms with Gasteiger partial charge in [-0.1, -0.05) is 12.1 Å². The lowest BCUT2D eigenvalue weighted by atomic mass is 10.0. The van der Waals surface area contributed by atoms with Gasteiger partial charge in [0.25, 0.3) is 0 Å². The van der Waals surface area contributed by atoms with Gasteiger partial charge >= 0.3 is 6.09 Å². The van der Waals surface area contributed by atoms with Crippen molar-refractivity contribution in [2.45, 2.75) is 23.8 Å². The molecule has 27 heavy (non-hydrogen) atoms. The van der Waals surface area contributed by atoms with Gasteiger partial charge in [-0.15, -0.1) is 0 Å². The van der Waals surface area contributed by atoms with Gasteiger partial charge in [0.2, 0.25) is 10.0 Å². The molecule has 4 rings (SSSR count). The highest BCUT2D eigenvalue weighted by molar-refractivity contribution is 7.89. The largest absolute Gasteiger partial charge is 0.447 e. The van der Waals surface area contributed by atoms with Crippen LogP contribution in [0.4, 0.5) is 14.9 Å². The Labute approximate surface area is 157 Å². The molecular formula is C19H19FN2O4S. The fourth-order valence-electron chi connectivity index (χ4n) is 3.20. The second-order valence-corrected chi connectivity index (χ2v) is 8.46. The van der Waals surface area contributed by atoms with E-state index in [9.17, 15) is 17.6 Å². The van der Waals surface area contributed by atoms with Gasteiger partial charge in [0.1, 0.15) is 12.4 Å². The molecule has 1 saturated carbocycles. The maximum absolute atomic E-state index is 13.2. The summed E-state index contributed by atoms with van der Waals surface area (Å²) in [6, 6.07) is 11.6. The SMILES string of the molecule is O=C1OCCN1c1ccc(S(=O)(=O)NC(c2ccc(F)cc2)C2CC2)cc1. The van der Waals surface area contributed by atoms with Crippen molar-refractivity contribution in [3.05, 3.63) is 59.9 Å². The van der Waals surface area contributed by atoms with Crippen LogP contribution >= 0.6 is 0 Å².